The van der Waals surface area contributed by atoms with Crippen LogP contribution in [0.3, 0.4) is 0 Å². The van der Waals surface area contributed by atoms with Gasteiger partial charge in [-0.2, -0.15) is 0 Å². The predicted octanol–water partition coefficient (Wildman–Crippen LogP) is 3.61. The average molecular weight is 248 g/mol. The average Bonchev–Trinajstić information content (AvgIpc) is 2.38. The minimum absolute atomic E-state index is 0.293. The lowest BCUT2D eigenvalue weighted by molar-refractivity contribution is 0.208. The summed E-state index contributed by atoms with van der Waals surface area (Å²) in [7, 11) is 0. The molecular weight excluding hydrogens is 234 g/mol. The summed E-state index contributed by atoms with van der Waals surface area (Å²) in [6.45, 7) is 1.93. The van der Waals surface area contributed by atoms with E-state index in [2.05, 4.69) is 0 Å². The van der Waals surface area contributed by atoms with Gasteiger partial charge < -0.3 is 5.11 Å². The van der Waals surface area contributed by atoms with Gasteiger partial charge in [0.25, 0.3) is 0 Å². The Hall–Kier alpha value is -1.74. The summed E-state index contributed by atoms with van der Waals surface area (Å²) < 4.78 is 27.2. The van der Waals surface area contributed by atoms with E-state index in [1.54, 1.807) is 12.1 Å². The molecule has 18 heavy (non-hydrogen) atoms. The van der Waals surface area contributed by atoms with Crippen LogP contribution in [0.2, 0.25) is 0 Å². The van der Waals surface area contributed by atoms with Gasteiger partial charge in [-0.25, -0.2) is 8.78 Å². The quantitative estimate of drug-likeness (QED) is 0.879. The molecule has 1 unspecified atom stereocenters. The van der Waals surface area contributed by atoms with Gasteiger partial charge in [0.2, 0.25) is 0 Å². The number of hydrogen-bond acceptors (Lipinski definition) is 1. The Morgan fingerprint density at radius 2 is 1.61 bits per heavy atom. The fraction of sp³-hybridized carbons (Fsp3) is 0.200. The van der Waals surface area contributed by atoms with E-state index in [0.717, 1.165) is 17.7 Å². The number of aryl methyl sites for hydroxylation is 1. The first-order valence-electron chi connectivity index (χ1n) is 5.85. The third kappa shape index (κ3) is 2.27. The minimum atomic E-state index is -1.28. The number of hydrogen-bond donors (Lipinski definition) is 1. The number of halogens is 2. The molecule has 1 atom stereocenters. The van der Waals surface area contributed by atoms with E-state index < -0.39 is 17.7 Å². The zero-order valence-corrected chi connectivity index (χ0v) is 10.0. The minimum Gasteiger partial charge on any atom is -0.383 e. The molecule has 0 amide bonds. The van der Waals surface area contributed by atoms with Crippen LogP contribution in [0.5, 0.6) is 0 Å². The van der Waals surface area contributed by atoms with Crippen molar-refractivity contribution in [3.63, 3.8) is 0 Å². The SMILES string of the molecule is CCc1ccccc1C(O)c1c(F)cccc1F. The molecule has 0 heterocycles. The molecular formula is C15H14F2O. The monoisotopic (exact) mass is 248 g/mol. The maximum atomic E-state index is 13.6. The number of benzene rings is 2. The molecule has 1 nitrogen and oxygen atoms in total. The highest BCUT2D eigenvalue weighted by Gasteiger charge is 2.20. The maximum Gasteiger partial charge on any atom is 0.132 e. The lowest BCUT2D eigenvalue weighted by Crippen LogP contribution is -2.08. The fourth-order valence-electron chi connectivity index (χ4n) is 2.05. The molecule has 0 bridgehead atoms. The van der Waals surface area contributed by atoms with Crippen LogP contribution in [0.4, 0.5) is 8.78 Å². The molecule has 2 aromatic rings. The second-order valence-electron chi connectivity index (χ2n) is 4.09. The Kier molecular flexibility index (Phi) is 3.72. The van der Waals surface area contributed by atoms with Gasteiger partial charge in [0.05, 0.1) is 5.56 Å². The second kappa shape index (κ2) is 5.27. The molecule has 2 rings (SSSR count). The van der Waals surface area contributed by atoms with Crippen molar-refractivity contribution in [2.45, 2.75) is 19.4 Å². The van der Waals surface area contributed by atoms with Crippen molar-refractivity contribution >= 4 is 0 Å². The molecule has 0 aromatic heterocycles. The van der Waals surface area contributed by atoms with Gasteiger partial charge in [-0.05, 0) is 29.7 Å². The summed E-state index contributed by atoms with van der Waals surface area (Å²) in [5, 5.41) is 10.2. The van der Waals surface area contributed by atoms with E-state index in [1.165, 1.54) is 6.07 Å². The topological polar surface area (TPSA) is 20.2 Å². The summed E-state index contributed by atoms with van der Waals surface area (Å²) in [4.78, 5) is 0. The van der Waals surface area contributed by atoms with Gasteiger partial charge in [0.15, 0.2) is 0 Å². The first kappa shape index (κ1) is 12.7. The summed E-state index contributed by atoms with van der Waals surface area (Å²) in [6, 6.07) is 10.7. The molecule has 2 aromatic carbocycles. The first-order valence-corrected chi connectivity index (χ1v) is 5.85. The highest BCUT2D eigenvalue weighted by Crippen LogP contribution is 2.29. The summed E-state index contributed by atoms with van der Waals surface area (Å²) in [5.74, 6) is -1.46. The van der Waals surface area contributed by atoms with E-state index in [-0.39, 0.29) is 5.56 Å². The van der Waals surface area contributed by atoms with Crippen LogP contribution in [-0.4, -0.2) is 5.11 Å². The van der Waals surface area contributed by atoms with Crippen LogP contribution in [-0.2, 0) is 6.42 Å². The fourth-order valence-corrected chi connectivity index (χ4v) is 2.05. The first-order chi connectivity index (χ1) is 8.65. The van der Waals surface area contributed by atoms with Gasteiger partial charge >= 0.3 is 0 Å². The Morgan fingerprint density at radius 1 is 1.00 bits per heavy atom. The third-order valence-corrected chi connectivity index (χ3v) is 3.00. The number of aliphatic hydroxyl groups is 1. The van der Waals surface area contributed by atoms with Crippen LogP contribution in [0, 0.1) is 11.6 Å². The molecule has 3 heteroatoms. The molecule has 0 aliphatic rings. The Balaban J connectivity index is 2.51. The highest BCUT2D eigenvalue weighted by atomic mass is 19.1. The Bertz CT molecular complexity index is 532. The van der Waals surface area contributed by atoms with Crippen LogP contribution in [0.15, 0.2) is 42.5 Å². The van der Waals surface area contributed by atoms with E-state index in [0.29, 0.717) is 12.0 Å². The van der Waals surface area contributed by atoms with Crippen LogP contribution in [0.25, 0.3) is 0 Å². The molecule has 0 fully saturated rings. The molecule has 0 saturated carbocycles. The van der Waals surface area contributed by atoms with Crippen molar-refractivity contribution in [1.29, 1.82) is 0 Å². The Labute approximate surface area is 105 Å². The predicted molar refractivity (Wildman–Crippen MR) is 66.2 cm³/mol. The normalized spacial score (nSPS) is 12.4. The maximum absolute atomic E-state index is 13.6. The molecule has 0 aliphatic carbocycles. The van der Waals surface area contributed by atoms with Gasteiger partial charge in [0, 0.05) is 0 Å². The van der Waals surface area contributed by atoms with Crippen LogP contribution < -0.4 is 0 Å². The van der Waals surface area contributed by atoms with Crippen molar-refractivity contribution in [3.05, 3.63) is 70.8 Å². The van der Waals surface area contributed by atoms with Crippen molar-refractivity contribution < 1.29 is 13.9 Å². The van der Waals surface area contributed by atoms with Crippen molar-refractivity contribution in [2.75, 3.05) is 0 Å². The third-order valence-electron chi connectivity index (χ3n) is 3.00. The molecule has 1 N–H and O–H groups in total. The van der Waals surface area contributed by atoms with Gasteiger partial charge in [-0.3, -0.25) is 0 Å². The van der Waals surface area contributed by atoms with Crippen LogP contribution in [0.1, 0.15) is 29.7 Å². The molecule has 0 radical (unpaired) electrons. The highest BCUT2D eigenvalue weighted by molar-refractivity contribution is 5.37. The van der Waals surface area contributed by atoms with Gasteiger partial charge in [-0.15, -0.1) is 0 Å². The molecule has 0 spiro atoms. The van der Waals surface area contributed by atoms with Gasteiger partial charge in [0.1, 0.15) is 17.7 Å². The lowest BCUT2D eigenvalue weighted by Gasteiger charge is -2.16. The molecule has 0 aliphatic heterocycles. The smallest absolute Gasteiger partial charge is 0.132 e. The van der Waals surface area contributed by atoms with Gasteiger partial charge in [-0.1, -0.05) is 37.3 Å². The summed E-state index contributed by atoms with van der Waals surface area (Å²) in [6.07, 6.45) is -0.578. The zero-order valence-electron chi connectivity index (χ0n) is 10.0. The molecule has 0 saturated heterocycles. The summed E-state index contributed by atoms with van der Waals surface area (Å²) in [5.41, 5.74) is 1.13. The number of aliphatic hydroxyl groups excluding tert-OH is 1. The van der Waals surface area contributed by atoms with Crippen molar-refractivity contribution in [1.82, 2.24) is 0 Å². The van der Waals surface area contributed by atoms with E-state index in [1.807, 2.05) is 19.1 Å². The van der Waals surface area contributed by atoms with E-state index in [4.69, 9.17) is 0 Å². The van der Waals surface area contributed by atoms with Crippen molar-refractivity contribution in [2.24, 2.45) is 0 Å². The largest absolute Gasteiger partial charge is 0.383 e. The second-order valence-corrected chi connectivity index (χ2v) is 4.09. The van der Waals surface area contributed by atoms with E-state index >= 15 is 0 Å². The zero-order chi connectivity index (χ0) is 13.1. The summed E-state index contributed by atoms with van der Waals surface area (Å²) >= 11 is 0. The molecule has 94 valence electrons. The number of rotatable bonds is 3. The lowest BCUT2D eigenvalue weighted by atomic mass is 9.95. The van der Waals surface area contributed by atoms with Crippen molar-refractivity contribution in [3.8, 4) is 0 Å². The van der Waals surface area contributed by atoms with E-state index in [9.17, 15) is 13.9 Å². The Morgan fingerprint density at radius 3 is 2.22 bits per heavy atom. The standard InChI is InChI=1S/C15H14F2O/c1-2-10-6-3-4-7-11(10)15(18)14-12(16)8-5-9-13(14)17/h3-9,15,18H,2H2,1H3. The van der Waals surface area contributed by atoms with Crippen LogP contribution >= 0.6 is 0 Å².